The van der Waals surface area contributed by atoms with Crippen LogP contribution >= 0.6 is 0 Å². The third-order valence-electron chi connectivity index (χ3n) is 3.20. The van der Waals surface area contributed by atoms with Gasteiger partial charge in [-0.25, -0.2) is 0 Å². The number of phenols is 1. The number of benzene rings is 1. The Bertz CT molecular complexity index is 442. The van der Waals surface area contributed by atoms with E-state index in [4.69, 9.17) is 10.2 Å². The molecule has 0 atom stereocenters. The molecule has 5 heteroatoms. The summed E-state index contributed by atoms with van der Waals surface area (Å²) in [6, 6.07) is 6.39. The minimum Gasteiger partial charge on any atom is -0.508 e. The average Bonchev–Trinajstić information content (AvgIpc) is 2.44. The van der Waals surface area contributed by atoms with Crippen molar-refractivity contribution in [2.45, 2.75) is 51.4 Å². The molecule has 1 rings (SSSR count). The van der Waals surface area contributed by atoms with Crippen molar-refractivity contribution in [1.29, 1.82) is 0 Å². The lowest BCUT2D eigenvalue weighted by Crippen LogP contribution is -2.10. The van der Waals surface area contributed by atoms with Crippen molar-refractivity contribution in [3.05, 3.63) is 24.3 Å². The van der Waals surface area contributed by atoms with Gasteiger partial charge in [0.05, 0.1) is 0 Å². The van der Waals surface area contributed by atoms with Gasteiger partial charge in [0, 0.05) is 18.5 Å². The number of unbranched alkanes of at least 4 members (excludes halogenated alkanes) is 5. The number of aromatic hydroxyl groups is 1. The maximum absolute atomic E-state index is 11.7. The molecule has 0 aliphatic heterocycles. The smallest absolute Gasteiger partial charge is 0.303 e. The van der Waals surface area contributed by atoms with Crippen molar-refractivity contribution in [3.8, 4) is 5.75 Å². The van der Waals surface area contributed by atoms with Crippen molar-refractivity contribution < 1.29 is 19.8 Å². The Morgan fingerprint density at radius 2 is 1.38 bits per heavy atom. The highest BCUT2D eigenvalue weighted by molar-refractivity contribution is 5.90. The molecule has 0 fully saturated rings. The summed E-state index contributed by atoms with van der Waals surface area (Å²) in [6.45, 7) is 0. The fourth-order valence-corrected chi connectivity index (χ4v) is 2.04. The maximum Gasteiger partial charge on any atom is 0.303 e. The molecule has 0 aliphatic carbocycles. The van der Waals surface area contributed by atoms with Gasteiger partial charge in [0.25, 0.3) is 0 Å². The number of hydrogen-bond acceptors (Lipinski definition) is 3. The third kappa shape index (κ3) is 8.68. The molecule has 0 aromatic heterocycles. The zero-order valence-corrected chi connectivity index (χ0v) is 12.2. The first kappa shape index (κ1) is 17.0. The fraction of sp³-hybridized carbons (Fsp3) is 0.500. The van der Waals surface area contributed by atoms with Crippen LogP contribution in [0.1, 0.15) is 51.4 Å². The van der Waals surface area contributed by atoms with E-state index in [0.717, 1.165) is 38.5 Å². The average molecular weight is 293 g/mol. The van der Waals surface area contributed by atoms with Crippen LogP contribution in [-0.2, 0) is 9.59 Å². The summed E-state index contributed by atoms with van der Waals surface area (Å²) >= 11 is 0. The summed E-state index contributed by atoms with van der Waals surface area (Å²) in [5.74, 6) is -0.580. The number of nitrogens with one attached hydrogen (secondary N) is 1. The fourth-order valence-electron chi connectivity index (χ4n) is 2.04. The highest BCUT2D eigenvalue weighted by Gasteiger charge is 2.02. The Morgan fingerprint density at radius 1 is 0.857 bits per heavy atom. The molecular weight excluding hydrogens is 270 g/mol. The Labute approximate surface area is 125 Å². The maximum atomic E-state index is 11.7. The lowest BCUT2D eigenvalue weighted by Gasteiger charge is -2.05. The number of carboxylic acids is 1. The Hall–Kier alpha value is -2.04. The molecule has 0 aliphatic rings. The minimum absolute atomic E-state index is 0.0217. The molecule has 1 amide bonds. The van der Waals surface area contributed by atoms with Gasteiger partial charge in [0.1, 0.15) is 5.75 Å². The number of aliphatic carboxylic acids is 1. The van der Waals surface area contributed by atoms with E-state index >= 15 is 0 Å². The molecule has 0 bridgehead atoms. The van der Waals surface area contributed by atoms with Gasteiger partial charge in [-0.1, -0.05) is 25.7 Å². The van der Waals surface area contributed by atoms with Crippen LogP contribution in [0.3, 0.4) is 0 Å². The van der Waals surface area contributed by atoms with E-state index in [2.05, 4.69) is 5.32 Å². The van der Waals surface area contributed by atoms with Crippen molar-refractivity contribution >= 4 is 17.6 Å². The topological polar surface area (TPSA) is 86.6 Å². The second-order valence-electron chi connectivity index (χ2n) is 5.11. The highest BCUT2D eigenvalue weighted by atomic mass is 16.4. The van der Waals surface area contributed by atoms with Crippen LogP contribution in [0, 0.1) is 0 Å². The Balaban J connectivity index is 2.01. The summed E-state index contributed by atoms with van der Waals surface area (Å²) in [6.07, 6.45) is 6.27. The Morgan fingerprint density at radius 3 is 1.95 bits per heavy atom. The summed E-state index contributed by atoms with van der Waals surface area (Å²) in [5.41, 5.74) is 0.687. The number of carbonyl (C=O) groups excluding carboxylic acids is 1. The van der Waals surface area contributed by atoms with Gasteiger partial charge in [-0.05, 0) is 37.1 Å². The predicted octanol–water partition coefficient (Wildman–Crippen LogP) is 3.54. The van der Waals surface area contributed by atoms with Crippen molar-refractivity contribution in [2.75, 3.05) is 5.32 Å². The molecule has 3 N–H and O–H groups in total. The standard InChI is InChI=1S/C16H23NO4/c18-14-11-9-13(10-12-14)17-15(19)7-5-3-1-2-4-6-8-16(20)21/h9-12,18H,1-8H2,(H,17,19)(H,20,21). The predicted molar refractivity (Wildman–Crippen MR) is 81.3 cm³/mol. The van der Waals surface area contributed by atoms with E-state index in [1.165, 1.54) is 12.1 Å². The lowest BCUT2D eigenvalue weighted by atomic mass is 10.1. The zero-order valence-electron chi connectivity index (χ0n) is 12.2. The quantitative estimate of drug-likeness (QED) is 0.455. The molecule has 116 valence electrons. The second-order valence-corrected chi connectivity index (χ2v) is 5.11. The SMILES string of the molecule is O=C(O)CCCCCCCCC(=O)Nc1ccc(O)cc1. The zero-order chi connectivity index (χ0) is 15.5. The molecule has 0 heterocycles. The van der Waals surface area contributed by atoms with Gasteiger partial charge in [-0.2, -0.15) is 0 Å². The molecule has 0 spiro atoms. The van der Waals surface area contributed by atoms with Crippen molar-refractivity contribution in [2.24, 2.45) is 0 Å². The number of hydrogen-bond donors (Lipinski definition) is 3. The lowest BCUT2D eigenvalue weighted by molar-refractivity contribution is -0.137. The van der Waals surface area contributed by atoms with Gasteiger partial charge in [0.2, 0.25) is 5.91 Å². The van der Waals surface area contributed by atoms with E-state index in [1.54, 1.807) is 12.1 Å². The van der Waals surface area contributed by atoms with Crippen molar-refractivity contribution in [3.63, 3.8) is 0 Å². The number of carbonyl (C=O) groups is 2. The van der Waals surface area contributed by atoms with E-state index in [0.29, 0.717) is 12.1 Å². The van der Waals surface area contributed by atoms with Crippen LogP contribution in [0.25, 0.3) is 0 Å². The number of amides is 1. The van der Waals surface area contributed by atoms with Gasteiger partial charge in [0.15, 0.2) is 0 Å². The van der Waals surface area contributed by atoms with Crippen LogP contribution in [0.5, 0.6) is 5.75 Å². The minimum atomic E-state index is -0.735. The van der Waals surface area contributed by atoms with Crippen molar-refractivity contribution in [1.82, 2.24) is 0 Å². The van der Waals surface area contributed by atoms with Crippen LogP contribution in [0.2, 0.25) is 0 Å². The van der Waals surface area contributed by atoms with E-state index in [9.17, 15) is 9.59 Å². The van der Waals surface area contributed by atoms with E-state index in [1.807, 2.05) is 0 Å². The highest BCUT2D eigenvalue weighted by Crippen LogP contribution is 2.14. The normalized spacial score (nSPS) is 10.3. The second kappa shape index (κ2) is 9.80. The molecular formula is C16H23NO4. The Kier molecular flexibility index (Phi) is 7.94. The van der Waals surface area contributed by atoms with E-state index in [-0.39, 0.29) is 18.1 Å². The summed E-state index contributed by atoms with van der Waals surface area (Å²) in [7, 11) is 0. The molecule has 0 saturated heterocycles. The summed E-state index contributed by atoms with van der Waals surface area (Å²) < 4.78 is 0. The first-order chi connectivity index (χ1) is 10.1. The molecule has 0 unspecified atom stereocenters. The van der Waals surface area contributed by atoms with Gasteiger partial charge >= 0.3 is 5.97 Å². The molecule has 0 saturated carbocycles. The number of phenolic OH excluding ortho intramolecular Hbond substituents is 1. The number of carboxylic acid groups (broad SMARTS) is 1. The largest absolute Gasteiger partial charge is 0.508 e. The molecule has 1 aromatic rings. The monoisotopic (exact) mass is 293 g/mol. The molecule has 0 radical (unpaired) electrons. The molecule has 5 nitrogen and oxygen atoms in total. The number of anilines is 1. The summed E-state index contributed by atoms with van der Waals surface area (Å²) in [5, 5.41) is 20.4. The molecule has 1 aromatic carbocycles. The van der Waals surface area contributed by atoms with Crippen LogP contribution in [-0.4, -0.2) is 22.1 Å². The first-order valence-electron chi connectivity index (χ1n) is 7.38. The first-order valence-corrected chi connectivity index (χ1v) is 7.38. The van der Waals surface area contributed by atoms with Gasteiger partial charge < -0.3 is 15.5 Å². The van der Waals surface area contributed by atoms with Gasteiger partial charge in [-0.3, -0.25) is 9.59 Å². The molecule has 21 heavy (non-hydrogen) atoms. The van der Waals surface area contributed by atoms with E-state index < -0.39 is 5.97 Å². The van der Waals surface area contributed by atoms with Crippen LogP contribution < -0.4 is 5.32 Å². The van der Waals surface area contributed by atoms with Crippen LogP contribution in [0.4, 0.5) is 5.69 Å². The summed E-state index contributed by atoms with van der Waals surface area (Å²) in [4.78, 5) is 22.0. The van der Waals surface area contributed by atoms with Gasteiger partial charge in [-0.15, -0.1) is 0 Å². The van der Waals surface area contributed by atoms with Crippen LogP contribution in [0.15, 0.2) is 24.3 Å². The third-order valence-corrected chi connectivity index (χ3v) is 3.20. The number of rotatable bonds is 10.